The van der Waals surface area contributed by atoms with Crippen LogP contribution in [-0.2, 0) is 0 Å². The van der Waals surface area contributed by atoms with Gasteiger partial charge in [-0.3, -0.25) is 10.7 Å². The third-order valence-electron chi connectivity index (χ3n) is 3.47. The molecule has 1 aromatic heterocycles. The molecule has 0 saturated heterocycles. The number of aromatic nitrogens is 1. The van der Waals surface area contributed by atoms with E-state index in [1.807, 2.05) is 31.1 Å². The minimum Gasteiger partial charge on any atom is -0.762 e. The first kappa shape index (κ1) is 18.2. The molecule has 25 heavy (non-hydrogen) atoms. The number of benzene rings is 1. The average Bonchev–Trinajstić information content (AvgIpc) is 2.63. The molecule has 1 heterocycles. The van der Waals surface area contributed by atoms with Crippen LogP contribution < -0.4 is 9.47 Å². The minimum atomic E-state index is -0.317. The third-order valence-corrected chi connectivity index (χ3v) is 3.72. The van der Waals surface area contributed by atoms with Gasteiger partial charge in [-0.2, -0.15) is 9.83 Å². The van der Waals surface area contributed by atoms with Gasteiger partial charge in [0.15, 0.2) is 12.4 Å². The Hall–Kier alpha value is -3.19. The normalized spacial score (nSPS) is 10.6. The molecule has 0 atom stereocenters. The molecule has 1 aromatic carbocycles. The lowest BCUT2D eigenvalue weighted by Crippen LogP contribution is -2.36. The van der Waals surface area contributed by atoms with Crippen molar-refractivity contribution in [1.29, 1.82) is 5.26 Å². The number of Topliss-reactive ketones (excluding diaryl/α,β-unsaturated/α-hetero) is 1. The Kier molecular flexibility index (Phi) is 5.86. The number of pyridine rings is 1. The molecule has 2 aromatic rings. The van der Waals surface area contributed by atoms with E-state index >= 15 is 0 Å². The van der Waals surface area contributed by atoms with Crippen LogP contribution in [0.5, 0.6) is 0 Å². The highest BCUT2D eigenvalue weighted by Crippen LogP contribution is 2.15. The summed E-state index contributed by atoms with van der Waals surface area (Å²) in [6.07, 6.45) is 4.70. The van der Waals surface area contributed by atoms with Crippen molar-refractivity contribution in [2.45, 2.75) is 0 Å². The Morgan fingerprint density at radius 2 is 1.80 bits per heavy atom. The van der Waals surface area contributed by atoms with Gasteiger partial charge in [0.2, 0.25) is 0 Å². The van der Waals surface area contributed by atoms with Crippen molar-refractivity contribution in [3.05, 3.63) is 76.4 Å². The smallest absolute Gasteiger partial charge is 0.260 e. The highest BCUT2D eigenvalue weighted by atomic mass is 35.5. The lowest BCUT2D eigenvalue weighted by atomic mass is 10.1. The molecule has 0 aliphatic rings. The van der Waals surface area contributed by atoms with Crippen molar-refractivity contribution >= 4 is 34.6 Å². The first-order chi connectivity index (χ1) is 12.0. The summed E-state index contributed by atoms with van der Waals surface area (Å²) in [6, 6.07) is 11.9. The van der Waals surface area contributed by atoms with E-state index in [0.29, 0.717) is 10.6 Å². The van der Waals surface area contributed by atoms with E-state index < -0.39 is 0 Å². The van der Waals surface area contributed by atoms with Crippen LogP contribution in [0.15, 0.2) is 60.4 Å². The topological polar surface area (TPSA) is 70.3 Å². The SMILES string of the molecule is CN(C)c1cc[n+](/C(=C\C(=C=[N-])C#N)C(=O)c2ccc(Cl)cc2)cc1. The summed E-state index contributed by atoms with van der Waals surface area (Å²) in [4.78, 5) is 14.8. The standard InChI is InChI=1S/C19H15ClN4O/c1-23(2)17-7-9-24(10-8-17)18(11-14(12-21)13-22)19(25)15-3-5-16(20)6-4-15/h3-11H,1-2H3/b18-11-. The lowest BCUT2D eigenvalue weighted by molar-refractivity contribution is -0.576. The molecule has 2 rings (SSSR count). The minimum absolute atomic E-state index is 0.151. The van der Waals surface area contributed by atoms with Crippen LogP contribution in [0.2, 0.25) is 5.02 Å². The van der Waals surface area contributed by atoms with E-state index in [-0.39, 0.29) is 17.1 Å². The molecule has 0 saturated carbocycles. The molecule has 0 bridgehead atoms. The first-order valence-corrected chi connectivity index (χ1v) is 7.72. The van der Waals surface area contributed by atoms with Crippen molar-refractivity contribution in [3.63, 3.8) is 0 Å². The van der Waals surface area contributed by atoms with Gasteiger partial charge in [0.05, 0.1) is 5.57 Å². The predicted molar refractivity (Wildman–Crippen MR) is 98.5 cm³/mol. The van der Waals surface area contributed by atoms with Crippen molar-refractivity contribution in [3.8, 4) is 6.07 Å². The van der Waals surface area contributed by atoms with E-state index in [9.17, 15) is 4.79 Å². The van der Waals surface area contributed by atoms with Crippen LogP contribution in [0.25, 0.3) is 11.1 Å². The van der Waals surface area contributed by atoms with Gasteiger partial charge in [0.1, 0.15) is 6.07 Å². The van der Waals surface area contributed by atoms with Crippen LogP contribution in [-0.4, -0.2) is 25.7 Å². The fourth-order valence-electron chi connectivity index (χ4n) is 2.11. The quantitative estimate of drug-likeness (QED) is 0.208. The fraction of sp³-hybridized carbons (Fsp3) is 0.105. The summed E-state index contributed by atoms with van der Waals surface area (Å²) in [5, 5.41) is 18.6. The second-order valence-corrected chi connectivity index (χ2v) is 5.80. The Bertz CT molecular complexity index is 900. The second kappa shape index (κ2) is 8.07. The Balaban J connectivity index is 2.54. The highest BCUT2D eigenvalue weighted by molar-refractivity contribution is 6.31. The van der Waals surface area contributed by atoms with E-state index in [1.54, 1.807) is 53.2 Å². The molecule has 0 N–H and O–H groups in total. The molecule has 0 aliphatic heterocycles. The number of halogens is 1. The molecule has 0 radical (unpaired) electrons. The van der Waals surface area contributed by atoms with Gasteiger partial charge in [-0.15, -0.1) is 0 Å². The maximum Gasteiger partial charge on any atom is 0.260 e. The van der Waals surface area contributed by atoms with Crippen LogP contribution in [0, 0.1) is 11.3 Å². The summed E-state index contributed by atoms with van der Waals surface area (Å²) in [5.74, 6) is 1.46. The number of anilines is 1. The summed E-state index contributed by atoms with van der Waals surface area (Å²) in [6.45, 7) is 0. The number of allylic oxidation sites excluding steroid dienone is 3. The van der Waals surface area contributed by atoms with E-state index in [0.717, 1.165) is 5.69 Å². The maximum absolute atomic E-state index is 12.9. The zero-order valence-corrected chi connectivity index (χ0v) is 14.5. The van der Waals surface area contributed by atoms with Gasteiger partial charge in [-0.25, -0.2) is 0 Å². The summed E-state index contributed by atoms with van der Waals surface area (Å²) in [5.41, 5.74) is 1.42. The summed E-state index contributed by atoms with van der Waals surface area (Å²) >= 11 is 5.86. The predicted octanol–water partition coefficient (Wildman–Crippen LogP) is 3.11. The molecule has 0 spiro atoms. The molecule has 0 aliphatic carbocycles. The molecule has 124 valence electrons. The molecule has 0 unspecified atom stereocenters. The number of carbonyl (C=O) groups excluding carboxylic acids is 1. The number of nitrogens with zero attached hydrogens (tertiary/aromatic N) is 4. The van der Waals surface area contributed by atoms with Crippen molar-refractivity contribution in [2.75, 3.05) is 19.0 Å². The highest BCUT2D eigenvalue weighted by Gasteiger charge is 2.22. The number of hydrogen-bond acceptors (Lipinski definition) is 3. The van der Waals surface area contributed by atoms with Crippen LogP contribution in [0.1, 0.15) is 10.4 Å². The Morgan fingerprint density at radius 1 is 1.20 bits per heavy atom. The van der Waals surface area contributed by atoms with Gasteiger partial charge in [-0.1, -0.05) is 11.6 Å². The van der Waals surface area contributed by atoms with Crippen molar-refractivity contribution in [1.82, 2.24) is 0 Å². The van der Waals surface area contributed by atoms with Gasteiger partial charge >= 0.3 is 0 Å². The third kappa shape index (κ3) is 4.42. The number of rotatable bonds is 5. The zero-order valence-electron chi connectivity index (χ0n) is 13.8. The second-order valence-electron chi connectivity index (χ2n) is 5.36. The summed E-state index contributed by atoms with van der Waals surface area (Å²) < 4.78 is 1.58. The lowest BCUT2D eigenvalue weighted by Gasteiger charge is -2.10. The number of nitriles is 1. The van der Waals surface area contributed by atoms with E-state index in [4.69, 9.17) is 22.3 Å². The molecule has 0 fully saturated rings. The number of ketones is 1. The van der Waals surface area contributed by atoms with Crippen LogP contribution in [0.3, 0.4) is 0 Å². The van der Waals surface area contributed by atoms with Gasteiger partial charge in [0, 0.05) is 48.6 Å². The van der Waals surface area contributed by atoms with E-state index in [2.05, 4.69) is 0 Å². The number of hydrogen-bond donors (Lipinski definition) is 0. The van der Waals surface area contributed by atoms with Crippen molar-refractivity contribution in [2.24, 2.45) is 0 Å². The van der Waals surface area contributed by atoms with Gasteiger partial charge in [-0.05, 0) is 24.3 Å². The van der Waals surface area contributed by atoms with Crippen molar-refractivity contribution < 1.29 is 9.36 Å². The van der Waals surface area contributed by atoms with Crippen LogP contribution >= 0.6 is 11.6 Å². The van der Waals surface area contributed by atoms with Crippen LogP contribution in [0.4, 0.5) is 5.69 Å². The monoisotopic (exact) mass is 350 g/mol. The fourth-order valence-corrected chi connectivity index (χ4v) is 2.24. The molecular formula is C19H15ClN4O. The van der Waals surface area contributed by atoms with E-state index in [1.165, 1.54) is 6.08 Å². The molecular weight excluding hydrogens is 336 g/mol. The van der Waals surface area contributed by atoms with Gasteiger partial charge in [0.25, 0.3) is 11.5 Å². The summed E-state index contributed by atoms with van der Waals surface area (Å²) in [7, 11) is 3.82. The average molecular weight is 351 g/mol. The molecule has 0 amide bonds. The Labute approximate surface area is 151 Å². The first-order valence-electron chi connectivity index (χ1n) is 7.34. The maximum atomic E-state index is 12.9. The largest absolute Gasteiger partial charge is 0.762 e. The number of carbonyl (C=O) groups is 1. The molecule has 5 nitrogen and oxygen atoms in total. The zero-order chi connectivity index (χ0) is 18.4. The molecule has 6 heteroatoms. The van der Waals surface area contributed by atoms with Gasteiger partial charge < -0.3 is 10.3 Å². The Morgan fingerprint density at radius 3 is 2.28 bits per heavy atom.